The number of likely N-dealkylation sites (N-methyl/N-ethyl adjacent to an activating group) is 1. The normalized spacial score (nSPS) is 17.0. The molecule has 1 saturated carbocycles. The molecule has 0 spiro atoms. The van der Waals surface area contributed by atoms with E-state index in [1.54, 1.807) is 32.0 Å². The van der Waals surface area contributed by atoms with Crippen LogP contribution in [0, 0.1) is 25.7 Å². The van der Waals surface area contributed by atoms with E-state index in [9.17, 15) is 13.2 Å². The second-order valence-corrected chi connectivity index (χ2v) is 12.7. The van der Waals surface area contributed by atoms with Gasteiger partial charge in [0.1, 0.15) is 6.54 Å². The van der Waals surface area contributed by atoms with Crippen molar-refractivity contribution < 1.29 is 22.2 Å². The van der Waals surface area contributed by atoms with E-state index in [1.165, 1.54) is 12.8 Å². The summed E-state index contributed by atoms with van der Waals surface area (Å²) >= 11 is 0. The van der Waals surface area contributed by atoms with E-state index in [1.807, 2.05) is 30.3 Å². The van der Waals surface area contributed by atoms with Crippen molar-refractivity contribution in [1.82, 2.24) is 5.16 Å². The fourth-order valence-corrected chi connectivity index (χ4v) is 6.70. The maximum absolute atomic E-state index is 13.3. The van der Waals surface area contributed by atoms with Crippen molar-refractivity contribution in [2.75, 3.05) is 18.3 Å². The highest BCUT2D eigenvalue weighted by Crippen LogP contribution is 2.36. The summed E-state index contributed by atoms with van der Waals surface area (Å²) in [5.74, 6) is 0.678. The Morgan fingerprint density at radius 2 is 1.82 bits per heavy atom. The van der Waals surface area contributed by atoms with E-state index in [0.29, 0.717) is 33.8 Å². The van der Waals surface area contributed by atoms with E-state index >= 15 is 0 Å². The minimum Gasteiger partial charge on any atom is -0.365 e. The largest absolute Gasteiger partial charge is 0.365 e. The molecule has 1 amide bonds. The average Bonchev–Trinajstić information content (AvgIpc) is 3.63. The number of hydrogen-bond acceptors (Lipinski definition) is 5. The summed E-state index contributed by atoms with van der Waals surface area (Å²) in [5, 5.41) is 3.84. The molecule has 0 saturated heterocycles. The number of aromatic nitrogens is 1. The molecule has 0 aliphatic heterocycles. The van der Waals surface area contributed by atoms with E-state index in [2.05, 4.69) is 30.8 Å². The molecule has 1 unspecified atom stereocenters. The zero-order valence-corrected chi connectivity index (χ0v) is 23.7. The summed E-state index contributed by atoms with van der Waals surface area (Å²) in [6, 6.07) is 14.6. The lowest BCUT2D eigenvalue weighted by Gasteiger charge is -2.43. The van der Waals surface area contributed by atoms with Crippen LogP contribution in [0.5, 0.6) is 0 Å². The first-order valence-corrected chi connectivity index (χ1v) is 14.7. The molecule has 3 N–H and O–H groups in total. The zero-order chi connectivity index (χ0) is 27.7. The third-order valence-electron chi connectivity index (χ3n) is 7.89. The number of nitrogens with two attached hydrogens (primary N) is 1. The monoisotopic (exact) mass is 539 g/mol. The van der Waals surface area contributed by atoms with Crippen LogP contribution in [0.2, 0.25) is 0 Å². The number of amides is 1. The third kappa shape index (κ3) is 5.94. The molecule has 9 heteroatoms. The lowest BCUT2D eigenvalue weighted by atomic mass is 9.93. The topological polar surface area (TPSA) is 115 Å². The van der Waals surface area contributed by atoms with Crippen molar-refractivity contribution in [3.8, 4) is 11.1 Å². The Morgan fingerprint density at radius 1 is 1.16 bits per heavy atom. The van der Waals surface area contributed by atoms with Crippen LogP contribution < -0.4 is 10.5 Å². The van der Waals surface area contributed by atoms with Crippen LogP contribution in [0.3, 0.4) is 0 Å². The highest BCUT2D eigenvalue weighted by atomic mass is 32.2. The second kappa shape index (κ2) is 10.9. The molecule has 1 heterocycles. The number of nitrogens with one attached hydrogen (secondary N) is 1. The summed E-state index contributed by atoms with van der Waals surface area (Å²) in [7, 11) is -1.77. The number of rotatable bonds is 12. The minimum atomic E-state index is -3.92. The predicted octanol–water partition coefficient (Wildman–Crippen LogP) is 5.02. The number of anilines is 1. The quantitative estimate of drug-likeness (QED) is 0.314. The molecular formula is C29H39N4O4S+. The van der Waals surface area contributed by atoms with Crippen molar-refractivity contribution in [3.63, 3.8) is 0 Å². The van der Waals surface area contributed by atoms with Gasteiger partial charge in [-0.3, -0.25) is 4.79 Å². The number of aryl methyl sites for hydroxylation is 1. The molecule has 204 valence electrons. The van der Waals surface area contributed by atoms with Gasteiger partial charge in [-0.05, 0) is 44.7 Å². The number of nitrogens with zero attached hydrogens (tertiary/aromatic N) is 2. The van der Waals surface area contributed by atoms with Crippen LogP contribution in [0.15, 0.2) is 57.9 Å². The van der Waals surface area contributed by atoms with E-state index in [4.69, 9.17) is 10.3 Å². The molecule has 3 atom stereocenters. The Bertz CT molecular complexity index is 1400. The molecule has 0 bridgehead atoms. The summed E-state index contributed by atoms with van der Waals surface area (Å²) in [6.45, 7) is 9.33. The summed E-state index contributed by atoms with van der Waals surface area (Å²) in [5.41, 5.74) is 9.67. The van der Waals surface area contributed by atoms with Crippen LogP contribution in [0.25, 0.3) is 11.1 Å². The fourth-order valence-electron chi connectivity index (χ4n) is 5.43. The van der Waals surface area contributed by atoms with Crippen molar-refractivity contribution in [2.45, 2.75) is 64.4 Å². The van der Waals surface area contributed by atoms with Crippen LogP contribution in [-0.4, -0.2) is 43.6 Å². The van der Waals surface area contributed by atoms with Gasteiger partial charge >= 0.3 is 0 Å². The van der Waals surface area contributed by atoms with Gasteiger partial charge in [0.2, 0.25) is 5.88 Å². The number of benzene rings is 2. The fraction of sp³-hybridized carbons (Fsp3) is 0.448. The van der Waals surface area contributed by atoms with Gasteiger partial charge in [0.05, 0.1) is 24.2 Å². The van der Waals surface area contributed by atoms with Crippen molar-refractivity contribution in [3.05, 3.63) is 65.4 Å². The van der Waals surface area contributed by atoms with Gasteiger partial charge in [0, 0.05) is 28.5 Å². The first kappa shape index (κ1) is 27.9. The van der Waals surface area contributed by atoms with Gasteiger partial charge in [-0.15, -0.1) is 0 Å². The molecule has 0 radical (unpaired) electrons. The van der Waals surface area contributed by atoms with E-state index < -0.39 is 10.0 Å². The third-order valence-corrected chi connectivity index (χ3v) is 9.28. The van der Waals surface area contributed by atoms with Gasteiger partial charge in [0.25, 0.3) is 15.9 Å². The molecule has 8 nitrogen and oxygen atoms in total. The van der Waals surface area contributed by atoms with Crippen molar-refractivity contribution in [2.24, 2.45) is 17.6 Å². The minimum absolute atomic E-state index is 0.116. The van der Waals surface area contributed by atoms with E-state index in [0.717, 1.165) is 24.1 Å². The molecule has 2 aromatic carbocycles. The molecule has 1 aliphatic rings. The van der Waals surface area contributed by atoms with Gasteiger partial charge in [-0.1, -0.05) is 61.5 Å². The van der Waals surface area contributed by atoms with Crippen LogP contribution in [-0.2, 0) is 21.4 Å². The standard InChI is InChI=1S/C29H38N4O4S/c1-6-19(2)27(28(30)34)33(5,17-22-11-12-22)18-23-13-15-24(16-14-23)25-9-7-8-10-26(25)38(35,36)32-29-20(3)21(4)31-37-29/h7-10,13-16,19,22,27H,6,11-12,17-18H2,1-5H3,(H2-,30,31,32,34)/p+1/t19-,27-,33?/m0/s1. The molecular weight excluding hydrogens is 500 g/mol. The Hall–Kier alpha value is -3.17. The summed E-state index contributed by atoms with van der Waals surface area (Å²) in [6.07, 6.45) is 3.29. The highest BCUT2D eigenvalue weighted by molar-refractivity contribution is 7.92. The molecule has 38 heavy (non-hydrogen) atoms. The van der Waals surface area contributed by atoms with Crippen LogP contribution in [0.4, 0.5) is 5.88 Å². The molecule has 4 rings (SSSR count). The van der Waals surface area contributed by atoms with Gasteiger partial charge < -0.3 is 14.7 Å². The Balaban J connectivity index is 1.62. The number of carbonyl (C=O) groups is 1. The summed E-state index contributed by atoms with van der Waals surface area (Å²) < 4.78 is 34.9. The van der Waals surface area contributed by atoms with Crippen molar-refractivity contribution in [1.29, 1.82) is 0 Å². The summed E-state index contributed by atoms with van der Waals surface area (Å²) in [4.78, 5) is 12.7. The average molecular weight is 540 g/mol. The SMILES string of the molecule is CC[C@H](C)[C@@H](C(N)=O)[N+](C)(Cc1ccc(-c2ccccc2S(=O)(=O)Nc2onc(C)c2C)cc1)CC1CC1. The molecule has 3 aromatic rings. The number of primary amides is 1. The first-order valence-electron chi connectivity index (χ1n) is 13.2. The maximum atomic E-state index is 13.3. The number of carbonyl (C=O) groups excluding carboxylic acids is 1. The van der Waals surface area contributed by atoms with Gasteiger partial charge in [0.15, 0.2) is 6.04 Å². The Labute approximate surface area is 225 Å². The predicted molar refractivity (Wildman–Crippen MR) is 149 cm³/mol. The molecule has 1 aromatic heterocycles. The highest BCUT2D eigenvalue weighted by Gasteiger charge is 2.44. The van der Waals surface area contributed by atoms with Crippen LogP contribution in [0.1, 0.15) is 49.9 Å². The Kier molecular flexibility index (Phi) is 7.99. The first-order chi connectivity index (χ1) is 17.9. The lowest BCUT2D eigenvalue weighted by molar-refractivity contribution is -0.942. The second-order valence-electron chi connectivity index (χ2n) is 11.0. The zero-order valence-electron chi connectivity index (χ0n) is 22.9. The van der Waals surface area contributed by atoms with E-state index in [-0.39, 0.29) is 28.6 Å². The molecule has 1 fully saturated rings. The Morgan fingerprint density at radius 3 is 2.37 bits per heavy atom. The van der Waals surface area contributed by atoms with Gasteiger partial charge in [-0.25, -0.2) is 13.1 Å². The smallest absolute Gasteiger partial charge is 0.276 e. The number of sulfonamides is 1. The van der Waals surface area contributed by atoms with Gasteiger partial charge in [-0.2, -0.15) is 0 Å². The lowest BCUT2D eigenvalue weighted by Crippen LogP contribution is -2.60. The number of quaternary nitrogens is 1. The van der Waals surface area contributed by atoms with Crippen molar-refractivity contribution >= 4 is 21.8 Å². The van der Waals surface area contributed by atoms with Crippen LogP contribution >= 0.6 is 0 Å². The molecule has 1 aliphatic carbocycles. The maximum Gasteiger partial charge on any atom is 0.276 e. The number of hydrogen-bond donors (Lipinski definition) is 2.